The molecule has 3 nitrogen and oxygen atoms in total. The summed E-state index contributed by atoms with van der Waals surface area (Å²) < 4.78 is 8.19. The Morgan fingerprint density at radius 3 is 3.10 bits per heavy atom. The fourth-order valence-corrected chi connectivity index (χ4v) is 3.97. The monoisotopic (exact) mass is 360 g/mol. The van der Waals surface area contributed by atoms with Crippen LogP contribution >= 0.6 is 27.3 Å². The van der Waals surface area contributed by atoms with Gasteiger partial charge in [0.05, 0.1) is 16.8 Å². The van der Waals surface area contributed by atoms with Crippen molar-refractivity contribution >= 4 is 42.6 Å². The molecule has 0 amide bonds. The zero-order valence-electron chi connectivity index (χ0n) is 11.2. The highest BCUT2D eigenvalue weighted by atomic mass is 79.9. The second kappa shape index (κ2) is 5.31. The minimum atomic E-state index is 0.182. The summed E-state index contributed by atoms with van der Waals surface area (Å²) >= 11 is 5.16. The lowest BCUT2D eigenvalue weighted by atomic mass is 10.1. The van der Waals surface area contributed by atoms with Crippen molar-refractivity contribution in [2.24, 2.45) is 0 Å². The van der Waals surface area contributed by atoms with E-state index in [0.29, 0.717) is 0 Å². The zero-order chi connectivity index (χ0) is 14.2. The Bertz CT molecular complexity index is 777. The SMILES string of the molecule is Brc1ccc2nc(NCC3Cc4ccccc4O3)sc2c1. The maximum absolute atomic E-state index is 5.93. The van der Waals surface area contributed by atoms with E-state index in [0.717, 1.165) is 33.8 Å². The lowest BCUT2D eigenvalue weighted by Gasteiger charge is -2.10. The Balaban J connectivity index is 1.45. The minimum absolute atomic E-state index is 0.182. The normalized spacial score (nSPS) is 16.7. The maximum Gasteiger partial charge on any atom is 0.183 e. The molecule has 1 unspecified atom stereocenters. The third-order valence-corrected chi connectivity index (χ3v) is 5.01. The van der Waals surface area contributed by atoms with Gasteiger partial charge < -0.3 is 10.1 Å². The number of thiazole rings is 1. The van der Waals surface area contributed by atoms with Crippen LogP contribution in [-0.2, 0) is 6.42 Å². The summed E-state index contributed by atoms with van der Waals surface area (Å²) in [4.78, 5) is 4.59. The van der Waals surface area contributed by atoms with Gasteiger partial charge in [0, 0.05) is 10.9 Å². The van der Waals surface area contributed by atoms with E-state index in [9.17, 15) is 0 Å². The van der Waals surface area contributed by atoms with Crippen LogP contribution in [0.2, 0.25) is 0 Å². The Morgan fingerprint density at radius 2 is 2.19 bits per heavy atom. The number of benzene rings is 2. The summed E-state index contributed by atoms with van der Waals surface area (Å²) in [5.41, 5.74) is 2.32. The molecule has 0 saturated carbocycles. The van der Waals surface area contributed by atoms with Gasteiger partial charge in [-0.05, 0) is 29.8 Å². The van der Waals surface area contributed by atoms with Crippen LogP contribution in [0.5, 0.6) is 5.75 Å². The van der Waals surface area contributed by atoms with Crippen molar-refractivity contribution in [2.75, 3.05) is 11.9 Å². The molecule has 0 radical (unpaired) electrons. The second-order valence-electron chi connectivity index (χ2n) is 5.06. The van der Waals surface area contributed by atoms with Crippen LogP contribution < -0.4 is 10.1 Å². The predicted molar refractivity (Wildman–Crippen MR) is 90.4 cm³/mol. The van der Waals surface area contributed by atoms with Gasteiger partial charge in [-0.2, -0.15) is 0 Å². The number of aromatic nitrogens is 1. The molecule has 0 saturated heterocycles. The molecule has 0 spiro atoms. The molecule has 3 aromatic rings. The fourth-order valence-electron chi connectivity index (χ4n) is 2.54. The highest BCUT2D eigenvalue weighted by Crippen LogP contribution is 2.30. The first-order valence-electron chi connectivity index (χ1n) is 6.82. The van der Waals surface area contributed by atoms with E-state index in [-0.39, 0.29) is 6.10 Å². The minimum Gasteiger partial charge on any atom is -0.488 e. The highest BCUT2D eigenvalue weighted by Gasteiger charge is 2.22. The molecule has 5 heteroatoms. The quantitative estimate of drug-likeness (QED) is 0.747. The first kappa shape index (κ1) is 13.1. The third kappa shape index (κ3) is 2.63. The fraction of sp³-hybridized carbons (Fsp3) is 0.188. The summed E-state index contributed by atoms with van der Waals surface area (Å²) in [6.45, 7) is 0.773. The van der Waals surface area contributed by atoms with Gasteiger partial charge in [-0.3, -0.25) is 0 Å². The number of rotatable bonds is 3. The summed E-state index contributed by atoms with van der Waals surface area (Å²) in [7, 11) is 0. The number of anilines is 1. The number of nitrogens with zero attached hydrogens (tertiary/aromatic N) is 1. The van der Waals surface area contributed by atoms with Crippen molar-refractivity contribution in [3.63, 3.8) is 0 Å². The van der Waals surface area contributed by atoms with E-state index >= 15 is 0 Å². The summed E-state index contributed by atoms with van der Waals surface area (Å²) in [6.07, 6.45) is 1.14. The number of fused-ring (bicyclic) bond motifs is 2. The van der Waals surface area contributed by atoms with Crippen LogP contribution in [0.4, 0.5) is 5.13 Å². The van der Waals surface area contributed by atoms with Crippen molar-refractivity contribution in [3.05, 3.63) is 52.5 Å². The number of hydrogen-bond donors (Lipinski definition) is 1. The Morgan fingerprint density at radius 1 is 1.29 bits per heavy atom. The molecule has 2 heterocycles. The standard InChI is InChI=1S/C16H13BrN2OS/c17-11-5-6-13-15(8-11)21-16(19-13)18-9-12-7-10-3-1-2-4-14(10)20-12/h1-6,8,12H,7,9H2,(H,18,19). The third-order valence-electron chi connectivity index (χ3n) is 3.55. The van der Waals surface area contributed by atoms with E-state index in [1.54, 1.807) is 11.3 Å². The van der Waals surface area contributed by atoms with Gasteiger partial charge in [-0.15, -0.1) is 0 Å². The second-order valence-corrected chi connectivity index (χ2v) is 7.01. The van der Waals surface area contributed by atoms with Crippen molar-refractivity contribution in [3.8, 4) is 5.75 Å². The van der Waals surface area contributed by atoms with E-state index in [2.05, 4.69) is 44.4 Å². The molecule has 1 N–H and O–H groups in total. The Labute approximate surface area is 135 Å². The molecule has 2 aromatic carbocycles. The van der Waals surface area contributed by atoms with Gasteiger partial charge in [0.25, 0.3) is 0 Å². The number of nitrogens with one attached hydrogen (secondary N) is 1. The molecular formula is C16H13BrN2OS. The highest BCUT2D eigenvalue weighted by molar-refractivity contribution is 9.10. The van der Waals surface area contributed by atoms with Gasteiger partial charge in [0.1, 0.15) is 11.9 Å². The zero-order valence-corrected chi connectivity index (χ0v) is 13.6. The smallest absolute Gasteiger partial charge is 0.183 e. The summed E-state index contributed by atoms with van der Waals surface area (Å²) in [6, 6.07) is 14.4. The molecule has 1 atom stereocenters. The van der Waals surface area contributed by atoms with Crippen LogP contribution in [0.25, 0.3) is 10.2 Å². The largest absolute Gasteiger partial charge is 0.488 e. The van der Waals surface area contributed by atoms with Crippen molar-refractivity contribution in [2.45, 2.75) is 12.5 Å². The molecular weight excluding hydrogens is 348 g/mol. The Kier molecular flexibility index (Phi) is 3.31. The molecule has 0 fully saturated rings. The van der Waals surface area contributed by atoms with Crippen LogP contribution in [-0.4, -0.2) is 17.6 Å². The van der Waals surface area contributed by atoms with Gasteiger partial charge in [-0.1, -0.05) is 45.5 Å². The van der Waals surface area contributed by atoms with Crippen LogP contribution in [0.15, 0.2) is 46.9 Å². The van der Waals surface area contributed by atoms with Crippen molar-refractivity contribution in [1.82, 2.24) is 4.98 Å². The van der Waals surface area contributed by atoms with Gasteiger partial charge in [0.15, 0.2) is 5.13 Å². The molecule has 106 valence electrons. The molecule has 0 bridgehead atoms. The van der Waals surface area contributed by atoms with E-state index in [1.807, 2.05) is 24.3 Å². The van der Waals surface area contributed by atoms with Crippen LogP contribution in [0.3, 0.4) is 0 Å². The molecule has 4 rings (SSSR count). The lowest BCUT2D eigenvalue weighted by Crippen LogP contribution is -2.23. The number of hydrogen-bond acceptors (Lipinski definition) is 4. The van der Waals surface area contributed by atoms with Crippen LogP contribution in [0, 0.1) is 0 Å². The molecule has 1 aromatic heterocycles. The van der Waals surface area contributed by atoms with E-state index < -0.39 is 0 Å². The van der Waals surface area contributed by atoms with Gasteiger partial charge in [-0.25, -0.2) is 4.98 Å². The molecule has 1 aliphatic heterocycles. The number of ether oxygens (including phenoxy) is 1. The molecule has 0 aliphatic carbocycles. The number of para-hydroxylation sites is 1. The summed E-state index contributed by atoms with van der Waals surface area (Å²) in [5, 5.41) is 4.34. The van der Waals surface area contributed by atoms with Crippen LogP contribution in [0.1, 0.15) is 5.56 Å². The van der Waals surface area contributed by atoms with Gasteiger partial charge >= 0.3 is 0 Å². The van der Waals surface area contributed by atoms with Gasteiger partial charge in [0.2, 0.25) is 0 Å². The van der Waals surface area contributed by atoms with Crippen molar-refractivity contribution in [1.29, 1.82) is 0 Å². The topological polar surface area (TPSA) is 34.2 Å². The first-order chi connectivity index (χ1) is 10.3. The summed E-state index contributed by atoms with van der Waals surface area (Å²) in [5.74, 6) is 1.01. The van der Waals surface area contributed by atoms with E-state index in [4.69, 9.17) is 4.74 Å². The molecule has 21 heavy (non-hydrogen) atoms. The molecule has 1 aliphatic rings. The average molecular weight is 361 g/mol. The van der Waals surface area contributed by atoms with E-state index in [1.165, 1.54) is 10.3 Å². The maximum atomic E-state index is 5.93. The predicted octanol–water partition coefficient (Wildman–Crippen LogP) is 4.47. The average Bonchev–Trinajstić information content (AvgIpc) is 3.07. The Hall–Kier alpha value is -1.59. The lowest BCUT2D eigenvalue weighted by molar-refractivity contribution is 0.246. The van der Waals surface area contributed by atoms with Crippen molar-refractivity contribution < 1.29 is 4.74 Å². The number of halogens is 1. The first-order valence-corrected chi connectivity index (χ1v) is 8.43.